The lowest BCUT2D eigenvalue weighted by Crippen LogP contribution is -2.39. The maximum absolute atomic E-state index is 12.8. The molecule has 0 saturated carbocycles. The molecule has 2 aromatic rings. The van der Waals surface area contributed by atoms with Crippen LogP contribution in [0, 0.1) is 6.92 Å². The Kier molecular flexibility index (Phi) is 5.70. The third-order valence-electron chi connectivity index (χ3n) is 6.02. The highest BCUT2D eigenvalue weighted by molar-refractivity contribution is 6.00. The number of piperidine rings is 1. The van der Waals surface area contributed by atoms with E-state index in [-0.39, 0.29) is 17.9 Å². The van der Waals surface area contributed by atoms with Gasteiger partial charge in [0.25, 0.3) is 0 Å². The zero-order chi connectivity index (χ0) is 21.3. The van der Waals surface area contributed by atoms with Gasteiger partial charge in [-0.2, -0.15) is 0 Å². The molecule has 158 valence electrons. The van der Waals surface area contributed by atoms with E-state index < -0.39 is 0 Å². The average Bonchev–Trinajstić information content (AvgIpc) is 3.09. The highest BCUT2D eigenvalue weighted by Crippen LogP contribution is 2.35. The van der Waals surface area contributed by atoms with Crippen molar-refractivity contribution < 1.29 is 14.3 Å². The van der Waals surface area contributed by atoms with Gasteiger partial charge in [-0.3, -0.25) is 14.5 Å². The predicted molar refractivity (Wildman–Crippen MR) is 113 cm³/mol. The molecule has 0 aliphatic carbocycles. The molecule has 0 N–H and O–H groups in total. The molecule has 0 spiro atoms. The molecule has 2 aliphatic heterocycles. The first-order valence-electron chi connectivity index (χ1n) is 10.6. The number of carbonyl (C=O) groups is 2. The number of amides is 2. The molecule has 1 aromatic heterocycles. The van der Waals surface area contributed by atoms with Crippen LogP contribution in [0.1, 0.15) is 61.3 Å². The van der Waals surface area contributed by atoms with Gasteiger partial charge in [0.1, 0.15) is 11.6 Å². The van der Waals surface area contributed by atoms with Gasteiger partial charge >= 0.3 is 0 Å². The molecule has 4 rings (SSSR count). The van der Waals surface area contributed by atoms with Crippen molar-refractivity contribution in [2.24, 2.45) is 0 Å². The SMILES string of the molecule is CCC(=O)N1CCCC[C@@H]1c1nc(C)c2c(n1)N(Cc1ccc(OC)cc1)C(=O)C2. The highest BCUT2D eigenvalue weighted by Gasteiger charge is 2.35. The molecule has 1 fully saturated rings. The second kappa shape index (κ2) is 8.42. The van der Waals surface area contributed by atoms with Crippen LogP contribution in [0.3, 0.4) is 0 Å². The second-order valence-corrected chi connectivity index (χ2v) is 7.93. The topological polar surface area (TPSA) is 75.6 Å². The maximum Gasteiger partial charge on any atom is 0.233 e. The summed E-state index contributed by atoms with van der Waals surface area (Å²) >= 11 is 0. The Morgan fingerprint density at radius 2 is 1.97 bits per heavy atom. The van der Waals surface area contributed by atoms with Gasteiger partial charge in [-0.1, -0.05) is 19.1 Å². The van der Waals surface area contributed by atoms with Crippen LogP contribution < -0.4 is 9.64 Å². The molecule has 0 unspecified atom stereocenters. The fourth-order valence-electron chi connectivity index (χ4n) is 4.32. The lowest BCUT2D eigenvalue weighted by atomic mass is 10.0. The number of fused-ring (bicyclic) bond motifs is 1. The molecule has 7 nitrogen and oxygen atoms in total. The van der Waals surface area contributed by atoms with E-state index in [9.17, 15) is 9.59 Å². The van der Waals surface area contributed by atoms with E-state index in [4.69, 9.17) is 14.7 Å². The number of hydrogen-bond donors (Lipinski definition) is 0. The molecule has 1 aromatic carbocycles. The first kappa shape index (κ1) is 20.3. The van der Waals surface area contributed by atoms with E-state index in [0.717, 1.165) is 48.4 Å². The summed E-state index contributed by atoms with van der Waals surface area (Å²) in [5.41, 5.74) is 2.73. The molecule has 1 atom stereocenters. The molecule has 2 amide bonds. The minimum Gasteiger partial charge on any atom is -0.497 e. The van der Waals surface area contributed by atoms with Crippen molar-refractivity contribution in [3.8, 4) is 5.75 Å². The molecule has 3 heterocycles. The molecular formula is C23H28N4O3. The summed E-state index contributed by atoms with van der Waals surface area (Å²) in [5, 5.41) is 0. The van der Waals surface area contributed by atoms with Gasteiger partial charge in [0.05, 0.1) is 26.1 Å². The van der Waals surface area contributed by atoms with Crippen LogP contribution in [-0.4, -0.2) is 40.3 Å². The number of hydrogen-bond acceptors (Lipinski definition) is 5. The number of aromatic nitrogens is 2. The number of likely N-dealkylation sites (tertiary alicyclic amines) is 1. The molecular weight excluding hydrogens is 380 g/mol. The summed E-state index contributed by atoms with van der Waals surface area (Å²) in [5.74, 6) is 2.29. The van der Waals surface area contributed by atoms with Crippen molar-refractivity contribution >= 4 is 17.6 Å². The van der Waals surface area contributed by atoms with Crippen molar-refractivity contribution in [1.29, 1.82) is 0 Å². The summed E-state index contributed by atoms with van der Waals surface area (Å²) in [6.45, 7) is 5.01. The number of ether oxygens (including phenoxy) is 1. The number of aryl methyl sites for hydroxylation is 1. The van der Waals surface area contributed by atoms with E-state index in [1.807, 2.05) is 43.0 Å². The van der Waals surface area contributed by atoms with E-state index in [0.29, 0.717) is 31.0 Å². The zero-order valence-corrected chi connectivity index (χ0v) is 17.9. The van der Waals surface area contributed by atoms with Crippen molar-refractivity contribution in [1.82, 2.24) is 14.9 Å². The van der Waals surface area contributed by atoms with Gasteiger partial charge in [-0.25, -0.2) is 9.97 Å². The number of nitrogens with zero attached hydrogens (tertiary/aromatic N) is 4. The van der Waals surface area contributed by atoms with Crippen LogP contribution in [0.2, 0.25) is 0 Å². The smallest absolute Gasteiger partial charge is 0.233 e. The Balaban J connectivity index is 1.66. The van der Waals surface area contributed by atoms with Gasteiger partial charge in [-0.15, -0.1) is 0 Å². The standard InChI is InChI=1S/C23H28N4O3/c1-4-20(28)26-12-6-5-7-19(26)22-24-15(2)18-13-21(29)27(23(18)25-22)14-16-8-10-17(30-3)11-9-16/h8-11,19H,4-7,12-14H2,1-3H3/t19-/m1/s1. The minimum absolute atomic E-state index is 0.0282. The summed E-state index contributed by atoms with van der Waals surface area (Å²) in [7, 11) is 1.63. The van der Waals surface area contributed by atoms with E-state index in [2.05, 4.69) is 0 Å². The van der Waals surface area contributed by atoms with Gasteiger partial charge in [-0.05, 0) is 43.9 Å². The number of rotatable bonds is 5. The third-order valence-corrected chi connectivity index (χ3v) is 6.02. The monoisotopic (exact) mass is 408 g/mol. The van der Waals surface area contributed by atoms with Crippen LogP contribution in [-0.2, 0) is 22.6 Å². The molecule has 7 heteroatoms. The van der Waals surface area contributed by atoms with Crippen molar-refractivity contribution in [3.63, 3.8) is 0 Å². The van der Waals surface area contributed by atoms with Gasteiger partial charge in [0.15, 0.2) is 5.82 Å². The Morgan fingerprint density at radius 1 is 1.20 bits per heavy atom. The summed E-state index contributed by atoms with van der Waals surface area (Å²) < 4.78 is 5.22. The van der Waals surface area contributed by atoms with E-state index >= 15 is 0 Å². The van der Waals surface area contributed by atoms with Crippen molar-refractivity contribution in [3.05, 3.63) is 46.9 Å². The van der Waals surface area contributed by atoms with Gasteiger partial charge in [0, 0.05) is 24.2 Å². The predicted octanol–water partition coefficient (Wildman–Crippen LogP) is 3.35. The molecule has 30 heavy (non-hydrogen) atoms. The largest absolute Gasteiger partial charge is 0.497 e. The number of methoxy groups -OCH3 is 1. The second-order valence-electron chi connectivity index (χ2n) is 7.93. The summed E-state index contributed by atoms with van der Waals surface area (Å²) in [6.07, 6.45) is 3.71. The zero-order valence-electron chi connectivity index (χ0n) is 17.9. The Hall–Kier alpha value is -2.96. The first-order valence-corrected chi connectivity index (χ1v) is 10.6. The van der Waals surface area contributed by atoms with E-state index in [1.54, 1.807) is 12.0 Å². The number of anilines is 1. The first-order chi connectivity index (χ1) is 14.5. The number of carbonyl (C=O) groups excluding carboxylic acids is 2. The van der Waals surface area contributed by atoms with Crippen LogP contribution in [0.25, 0.3) is 0 Å². The lowest BCUT2D eigenvalue weighted by Gasteiger charge is -2.35. The molecule has 1 saturated heterocycles. The Morgan fingerprint density at radius 3 is 2.67 bits per heavy atom. The number of benzene rings is 1. The summed E-state index contributed by atoms with van der Waals surface area (Å²) in [4.78, 5) is 38.5. The Labute approximate surface area is 177 Å². The fourth-order valence-corrected chi connectivity index (χ4v) is 4.32. The summed E-state index contributed by atoms with van der Waals surface area (Å²) in [6, 6.07) is 7.59. The van der Waals surface area contributed by atoms with Crippen LogP contribution in [0.15, 0.2) is 24.3 Å². The Bertz CT molecular complexity index is 958. The maximum atomic E-state index is 12.8. The van der Waals surface area contributed by atoms with Crippen LogP contribution in [0.4, 0.5) is 5.82 Å². The lowest BCUT2D eigenvalue weighted by molar-refractivity contribution is -0.135. The van der Waals surface area contributed by atoms with Gasteiger partial charge < -0.3 is 9.64 Å². The van der Waals surface area contributed by atoms with E-state index in [1.165, 1.54) is 0 Å². The molecule has 0 radical (unpaired) electrons. The van der Waals surface area contributed by atoms with Crippen molar-refractivity contribution in [2.45, 2.75) is 58.5 Å². The minimum atomic E-state index is -0.117. The molecule has 2 aliphatic rings. The molecule has 0 bridgehead atoms. The van der Waals surface area contributed by atoms with Crippen molar-refractivity contribution in [2.75, 3.05) is 18.6 Å². The van der Waals surface area contributed by atoms with Gasteiger partial charge in [0.2, 0.25) is 11.8 Å². The highest BCUT2D eigenvalue weighted by atomic mass is 16.5. The third kappa shape index (κ3) is 3.76. The fraction of sp³-hybridized carbons (Fsp3) is 0.478. The van der Waals surface area contributed by atoms with Crippen LogP contribution >= 0.6 is 0 Å². The normalized spacial score (nSPS) is 18.5. The average molecular weight is 409 g/mol. The quantitative estimate of drug-likeness (QED) is 0.758. The van der Waals surface area contributed by atoms with Crippen LogP contribution in [0.5, 0.6) is 5.75 Å².